The molecule has 27 heavy (non-hydrogen) atoms. The second-order valence-electron chi connectivity index (χ2n) is 6.78. The van der Waals surface area contributed by atoms with Gasteiger partial charge >= 0.3 is 5.69 Å². The van der Waals surface area contributed by atoms with Gasteiger partial charge in [0.1, 0.15) is 16.2 Å². The van der Waals surface area contributed by atoms with Gasteiger partial charge in [-0.25, -0.2) is 14.8 Å². The number of fused-ring (bicyclic) bond motifs is 1. The normalized spacial score (nSPS) is 11.4. The van der Waals surface area contributed by atoms with Gasteiger partial charge in [0.15, 0.2) is 5.65 Å². The van der Waals surface area contributed by atoms with Gasteiger partial charge in [0.05, 0.1) is 5.75 Å². The molecule has 0 saturated carbocycles. The van der Waals surface area contributed by atoms with Crippen molar-refractivity contribution in [1.82, 2.24) is 24.0 Å². The maximum absolute atomic E-state index is 12.8. The summed E-state index contributed by atoms with van der Waals surface area (Å²) in [5.41, 5.74) is -0.496. The molecule has 0 aliphatic rings. The van der Waals surface area contributed by atoms with Crippen LogP contribution in [-0.2, 0) is 18.4 Å². The molecule has 0 N–H and O–H groups in total. The van der Waals surface area contributed by atoms with Gasteiger partial charge in [0, 0.05) is 26.7 Å². The van der Waals surface area contributed by atoms with E-state index in [9.17, 15) is 14.4 Å². The molecule has 2 aromatic heterocycles. The third-order valence-corrected chi connectivity index (χ3v) is 5.22. The number of aromatic nitrogens is 4. The number of amides is 1. The highest BCUT2D eigenvalue weighted by Crippen LogP contribution is 2.23. The largest absolute Gasteiger partial charge is 0.343 e. The number of carbonyl (C=O) groups is 1. The van der Waals surface area contributed by atoms with E-state index in [-0.39, 0.29) is 17.6 Å². The first-order valence-electron chi connectivity index (χ1n) is 9.09. The van der Waals surface area contributed by atoms with Gasteiger partial charge in [-0.3, -0.25) is 18.7 Å². The summed E-state index contributed by atoms with van der Waals surface area (Å²) in [4.78, 5) is 48.2. The predicted molar refractivity (Wildman–Crippen MR) is 107 cm³/mol. The minimum atomic E-state index is -0.437. The molecule has 0 fully saturated rings. The van der Waals surface area contributed by atoms with Crippen LogP contribution in [0, 0.1) is 12.8 Å². The molecule has 8 nitrogen and oxygen atoms in total. The first-order chi connectivity index (χ1) is 12.7. The molecule has 148 valence electrons. The van der Waals surface area contributed by atoms with Crippen LogP contribution >= 0.6 is 11.8 Å². The molecule has 0 spiro atoms. The van der Waals surface area contributed by atoms with Crippen molar-refractivity contribution in [3.8, 4) is 0 Å². The van der Waals surface area contributed by atoms with Gasteiger partial charge in [-0.15, -0.1) is 0 Å². The molecule has 0 radical (unpaired) electrons. The molecule has 0 saturated heterocycles. The fraction of sp³-hybridized carbons (Fsp3) is 0.611. The standard InChI is InChI=1S/C18H27N5O3S/c1-7-22(8-2)13(24)10-27-16-14-15(19-12(5)20-16)23(9-11(3)4)18(26)21(6)17(14)25/h11H,7-10H2,1-6H3. The molecule has 9 heteroatoms. The number of rotatable bonds is 7. The highest BCUT2D eigenvalue weighted by Gasteiger charge is 2.20. The quantitative estimate of drug-likeness (QED) is 0.522. The Balaban J connectivity index is 2.61. The van der Waals surface area contributed by atoms with Crippen LogP contribution in [0.1, 0.15) is 33.5 Å². The topological polar surface area (TPSA) is 90.1 Å². The van der Waals surface area contributed by atoms with Crippen molar-refractivity contribution in [3.63, 3.8) is 0 Å². The third kappa shape index (κ3) is 4.40. The van der Waals surface area contributed by atoms with E-state index in [2.05, 4.69) is 9.97 Å². The summed E-state index contributed by atoms with van der Waals surface area (Å²) in [5, 5.41) is 0.733. The summed E-state index contributed by atoms with van der Waals surface area (Å²) in [6.45, 7) is 11.3. The number of hydrogen-bond donors (Lipinski definition) is 0. The molecule has 0 bridgehead atoms. The second-order valence-corrected chi connectivity index (χ2v) is 7.74. The van der Waals surface area contributed by atoms with Crippen molar-refractivity contribution in [2.24, 2.45) is 13.0 Å². The predicted octanol–water partition coefficient (Wildman–Crippen LogP) is 1.42. The number of aryl methyl sites for hydroxylation is 1. The fourth-order valence-electron chi connectivity index (χ4n) is 2.87. The molecule has 0 aliphatic heterocycles. The lowest BCUT2D eigenvalue weighted by molar-refractivity contribution is -0.127. The summed E-state index contributed by atoms with van der Waals surface area (Å²) in [6.07, 6.45) is 0. The van der Waals surface area contributed by atoms with Crippen LogP contribution in [0.3, 0.4) is 0 Å². The lowest BCUT2D eigenvalue weighted by atomic mass is 10.2. The van der Waals surface area contributed by atoms with Crippen molar-refractivity contribution < 1.29 is 4.79 Å². The molecule has 0 aromatic carbocycles. The molecule has 2 aromatic rings. The van der Waals surface area contributed by atoms with Gasteiger partial charge in [-0.1, -0.05) is 25.6 Å². The SMILES string of the molecule is CCN(CC)C(=O)CSc1nc(C)nc2c1c(=O)n(C)c(=O)n2CC(C)C. The lowest BCUT2D eigenvalue weighted by Crippen LogP contribution is -2.39. The van der Waals surface area contributed by atoms with Crippen LogP contribution in [-0.4, -0.2) is 48.8 Å². The highest BCUT2D eigenvalue weighted by atomic mass is 32.2. The first-order valence-corrected chi connectivity index (χ1v) is 10.1. The van der Waals surface area contributed by atoms with E-state index < -0.39 is 11.2 Å². The number of hydrogen-bond acceptors (Lipinski definition) is 6. The molecule has 2 heterocycles. The van der Waals surface area contributed by atoms with Crippen molar-refractivity contribution >= 4 is 28.7 Å². The summed E-state index contributed by atoms with van der Waals surface area (Å²) in [5.74, 6) is 0.839. The van der Waals surface area contributed by atoms with Crippen molar-refractivity contribution in [2.45, 2.75) is 46.2 Å². The fourth-order valence-corrected chi connectivity index (χ4v) is 3.84. The Hall–Kier alpha value is -2.16. The molecular formula is C18H27N5O3S. The van der Waals surface area contributed by atoms with E-state index >= 15 is 0 Å². The summed E-state index contributed by atoms with van der Waals surface area (Å²) in [7, 11) is 1.45. The Morgan fingerprint density at radius 1 is 1.19 bits per heavy atom. The van der Waals surface area contributed by atoms with E-state index in [0.717, 1.165) is 4.57 Å². The summed E-state index contributed by atoms with van der Waals surface area (Å²) in [6, 6.07) is 0. The van der Waals surface area contributed by atoms with Gasteiger partial charge in [0.2, 0.25) is 5.91 Å². The van der Waals surface area contributed by atoms with Crippen molar-refractivity contribution in [2.75, 3.05) is 18.8 Å². The zero-order valence-electron chi connectivity index (χ0n) is 16.8. The smallest absolute Gasteiger partial charge is 0.332 e. The van der Waals surface area contributed by atoms with Crippen LogP contribution in [0.25, 0.3) is 11.0 Å². The van der Waals surface area contributed by atoms with Crippen LogP contribution in [0.2, 0.25) is 0 Å². The highest BCUT2D eigenvalue weighted by molar-refractivity contribution is 8.00. The maximum Gasteiger partial charge on any atom is 0.332 e. The van der Waals surface area contributed by atoms with Crippen LogP contribution in [0.4, 0.5) is 0 Å². The third-order valence-electron chi connectivity index (χ3n) is 4.26. The van der Waals surface area contributed by atoms with Gasteiger partial charge in [-0.05, 0) is 26.7 Å². The second kappa shape index (κ2) is 8.69. The van der Waals surface area contributed by atoms with Gasteiger partial charge in [0.25, 0.3) is 5.56 Å². The molecule has 0 unspecified atom stereocenters. The molecule has 0 atom stereocenters. The van der Waals surface area contributed by atoms with E-state index in [1.165, 1.54) is 23.4 Å². The summed E-state index contributed by atoms with van der Waals surface area (Å²) < 4.78 is 2.60. The van der Waals surface area contributed by atoms with Crippen molar-refractivity contribution in [3.05, 3.63) is 26.7 Å². The Bertz CT molecular complexity index is 960. The Labute approximate surface area is 162 Å². The monoisotopic (exact) mass is 393 g/mol. The zero-order valence-corrected chi connectivity index (χ0v) is 17.6. The van der Waals surface area contributed by atoms with Crippen LogP contribution in [0.5, 0.6) is 0 Å². The van der Waals surface area contributed by atoms with E-state index in [4.69, 9.17) is 0 Å². The van der Waals surface area contributed by atoms with Gasteiger partial charge in [-0.2, -0.15) is 0 Å². The molecule has 2 rings (SSSR count). The Kier molecular flexibility index (Phi) is 6.80. The lowest BCUT2D eigenvalue weighted by Gasteiger charge is -2.18. The number of thioether (sulfide) groups is 1. The minimum Gasteiger partial charge on any atom is -0.343 e. The van der Waals surface area contributed by atoms with E-state index in [1.54, 1.807) is 11.8 Å². The van der Waals surface area contributed by atoms with Gasteiger partial charge < -0.3 is 4.90 Å². The minimum absolute atomic E-state index is 0.0123. The average Bonchev–Trinajstić information content (AvgIpc) is 2.62. The zero-order chi connectivity index (χ0) is 20.3. The summed E-state index contributed by atoms with van der Waals surface area (Å²) >= 11 is 1.22. The Morgan fingerprint density at radius 3 is 2.37 bits per heavy atom. The van der Waals surface area contributed by atoms with E-state index in [1.807, 2.05) is 27.7 Å². The van der Waals surface area contributed by atoms with E-state index in [0.29, 0.717) is 41.5 Å². The molecule has 1 amide bonds. The number of nitrogens with zero attached hydrogens (tertiary/aromatic N) is 5. The molecular weight excluding hydrogens is 366 g/mol. The van der Waals surface area contributed by atoms with Crippen LogP contribution in [0.15, 0.2) is 14.6 Å². The maximum atomic E-state index is 12.8. The first kappa shape index (κ1) is 21.1. The molecule has 0 aliphatic carbocycles. The van der Waals surface area contributed by atoms with Crippen molar-refractivity contribution in [1.29, 1.82) is 0 Å². The van der Waals surface area contributed by atoms with Crippen LogP contribution < -0.4 is 11.2 Å². The number of carbonyl (C=O) groups excluding carboxylic acids is 1. The Morgan fingerprint density at radius 2 is 1.81 bits per heavy atom. The average molecular weight is 394 g/mol.